The van der Waals surface area contributed by atoms with Crippen LogP contribution in [-0.4, -0.2) is 6.54 Å². The van der Waals surface area contributed by atoms with Gasteiger partial charge in [0.05, 0.1) is 0 Å². The Bertz CT molecular complexity index is 621. The number of rotatable bonds is 4. The second-order valence-electron chi connectivity index (χ2n) is 5.00. The molecule has 106 valence electrons. The van der Waals surface area contributed by atoms with E-state index in [0.717, 1.165) is 23.2 Å². The van der Waals surface area contributed by atoms with E-state index < -0.39 is 11.6 Å². The van der Waals surface area contributed by atoms with Gasteiger partial charge in [-0.2, -0.15) is 0 Å². The van der Waals surface area contributed by atoms with Crippen molar-refractivity contribution < 1.29 is 8.78 Å². The maximum atomic E-state index is 14.2. The highest BCUT2D eigenvalue weighted by Gasteiger charge is 2.15. The number of aryl methyl sites for hydroxylation is 2. The standard InChI is InChI=1S/C17H19F2N/c1-4-20-10-13-7-5-11(2)9-15(13)14-8-6-12(3)16(18)17(14)19/h5-9,20H,4,10H2,1-3H3. The predicted octanol–water partition coefficient (Wildman–Crippen LogP) is 4.36. The molecule has 0 saturated heterocycles. The summed E-state index contributed by atoms with van der Waals surface area (Å²) in [7, 11) is 0. The van der Waals surface area contributed by atoms with Crippen LogP contribution in [0.3, 0.4) is 0 Å². The highest BCUT2D eigenvalue weighted by atomic mass is 19.2. The first-order chi connectivity index (χ1) is 9.54. The van der Waals surface area contributed by atoms with Crippen LogP contribution in [-0.2, 0) is 6.54 Å². The van der Waals surface area contributed by atoms with Crippen molar-refractivity contribution in [2.75, 3.05) is 6.54 Å². The molecule has 0 spiro atoms. The molecule has 0 heterocycles. The minimum absolute atomic E-state index is 0.324. The molecule has 0 fully saturated rings. The summed E-state index contributed by atoms with van der Waals surface area (Å²) in [6.45, 7) is 7.00. The third kappa shape index (κ3) is 2.88. The summed E-state index contributed by atoms with van der Waals surface area (Å²) in [6, 6.07) is 9.12. The molecule has 0 unspecified atom stereocenters. The highest BCUT2D eigenvalue weighted by molar-refractivity contribution is 5.69. The Labute approximate surface area is 118 Å². The molecule has 0 aliphatic carbocycles. The molecular formula is C17H19F2N. The topological polar surface area (TPSA) is 12.0 Å². The third-order valence-electron chi connectivity index (χ3n) is 3.40. The molecule has 0 atom stereocenters. The lowest BCUT2D eigenvalue weighted by molar-refractivity contribution is 0.505. The van der Waals surface area contributed by atoms with E-state index in [-0.39, 0.29) is 0 Å². The lowest BCUT2D eigenvalue weighted by Gasteiger charge is -2.13. The van der Waals surface area contributed by atoms with Gasteiger partial charge in [-0.3, -0.25) is 0 Å². The van der Waals surface area contributed by atoms with Gasteiger partial charge in [-0.25, -0.2) is 8.78 Å². The number of nitrogens with one attached hydrogen (secondary N) is 1. The van der Waals surface area contributed by atoms with Gasteiger partial charge in [-0.1, -0.05) is 42.8 Å². The number of hydrogen-bond acceptors (Lipinski definition) is 1. The monoisotopic (exact) mass is 275 g/mol. The molecule has 0 aromatic heterocycles. The fraction of sp³-hybridized carbons (Fsp3) is 0.294. The van der Waals surface area contributed by atoms with Crippen LogP contribution in [0, 0.1) is 25.5 Å². The second-order valence-corrected chi connectivity index (χ2v) is 5.00. The minimum atomic E-state index is -0.770. The quantitative estimate of drug-likeness (QED) is 0.874. The minimum Gasteiger partial charge on any atom is -0.313 e. The van der Waals surface area contributed by atoms with Crippen molar-refractivity contribution in [3.63, 3.8) is 0 Å². The zero-order valence-electron chi connectivity index (χ0n) is 12.1. The van der Waals surface area contributed by atoms with Gasteiger partial charge in [0.2, 0.25) is 0 Å². The van der Waals surface area contributed by atoms with Gasteiger partial charge in [0.25, 0.3) is 0 Å². The van der Waals surface area contributed by atoms with Crippen LogP contribution in [0.2, 0.25) is 0 Å². The van der Waals surface area contributed by atoms with Crippen molar-refractivity contribution in [1.82, 2.24) is 5.32 Å². The largest absolute Gasteiger partial charge is 0.313 e. The number of hydrogen-bond donors (Lipinski definition) is 1. The fourth-order valence-electron chi connectivity index (χ4n) is 2.21. The van der Waals surface area contributed by atoms with Crippen LogP contribution in [0.5, 0.6) is 0 Å². The lowest BCUT2D eigenvalue weighted by Crippen LogP contribution is -2.12. The molecular weight excluding hydrogens is 256 g/mol. The van der Waals surface area contributed by atoms with E-state index in [0.29, 0.717) is 17.7 Å². The molecule has 1 N–H and O–H groups in total. The predicted molar refractivity (Wildman–Crippen MR) is 78.6 cm³/mol. The molecule has 2 aromatic rings. The highest BCUT2D eigenvalue weighted by Crippen LogP contribution is 2.30. The maximum Gasteiger partial charge on any atom is 0.166 e. The first kappa shape index (κ1) is 14.7. The van der Waals surface area contributed by atoms with Crippen LogP contribution in [0.4, 0.5) is 8.78 Å². The molecule has 2 rings (SSSR count). The summed E-state index contributed by atoms with van der Waals surface area (Å²) in [6.07, 6.45) is 0. The van der Waals surface area contributed by atoms with Crippen molar-refractivity contribution in [3.8, 4) is 11.1 Å². The molecule has 0 radical (unpaired) electrons. The van der Waals surface area contributed by atoms with E-state index >= 15 is 0 Å². The lowest BCUT2D eigenvalue weighted by atomic mass is 9.96. The summed E-state index contributed by atoms with van der Waals surface area (Å²) in [4.78, 5) is 0. The fourth-order valence-corrected chi connectivity index (χ4v) is 2.21. The van der Waals surface area contributed by atoms with Crippen LogP contribution in [0.25, 0.3) is 11.1 Å². The van der Waals surface area contributed by atoms with Gasteiger partial charge < -0.3 is 5.32 Å². The van der Waals surface area contributed by atoms with Gasteiger partial charge >= 0.3 is 0 Å². The third-order valence-corrected chi connectivity index (χ3v) is 3.40. The summed E-state index contributed by atoms with van der Waals surface area (Å²) < 4.78 is 28.0. The Hall–Kier alpha value is -1.74. The van der Waals surface area contributed by atoms with Crippen molar-refractivity contribution in [2.24, 2.45) is 0 Å². The number of benzene rings is 2. The first-order valence-corrected chi connectivity index (χ1v) is 6.79. The molecule has 0 aliphatic rings. The molecule has 0 aliphatic heterocycles. The van der Waals surface area contributed by atoms with E-state index in [2.05, 4.69) is 5.32 Å². The first-order valence-electron chi connectivity index (χ1n) is 6.79. The van der Waals surface area contributed by atoms with Crippen molar-refractivity contribution in [3.05, 3.63) is 58.7 Å². The van der Waals surface area contributed by atoms with Crippen LogP contribution < -0.4 is 5.32 Å². The van der Waals surface area contributed by atoms with Crippen molar-refractivity contribution >= 4 is 0 Å². The normalized spacial score (nSPS) is 10.8. The van der Waals surface area contributed by atoms with E-state index in [4.69, 9.17) is 0 Å². The maximum absolute atomic E-state index is 14.2. The van der Waals surface area contributed by atoms with Crippen LogP contribution in [0.1, 0.15) is 23.6 Å². The molecule has 3 heteroatoms. The Kier molecular flexibility index (Phi) is 4.50. The van der Waals surface area contributed by atoms with Gasteiger partial charge in [-0.15, -0.1) is 0 Å². The molecule has 1 nitrogen and oxygen atoms in total. The summed E-state index contributed by atoms with van der Waals surface area (Å²) in [5, 5.41) is 3.22. The molecule has 0 bridgehead atoms. The zero-order valence-corrected chi connectivity index (χ0v) is 12.1. The Morgan fingerprint density at radius 3 is 2.40 bits per heavy atom. The van der Waals surface area contributed by atoms with E-state index in [1.54, 1.807) is 19.1 Å². The SMILES string of the molecule is CCNCc1ccc(C)cc1-c1ccc(C)c(F)c1F. The zero-order chi connectivity index (χ0) is 14.7. The van der Waals surface area contributed by atoms with Crippen LogP contribution >= 0.6 is 0 Å². The average Bonchev–Trinajstić information content (AvgIpc) is 2.44. The Morgan fingerprint density at radius 1 is 0.950 bits per heavy atom. The van der Waals surface area contributed by atoms with Gasteiger partial charge in [0, 0.05) is 12.1 Å². The molecule has 20 heavy (non-hydrogen) atoms. The van der Waals surface area contributed by atoms with Gasteiger partial charge in [0.1, 0.15) is 0 Å². The van der Waals surface area contributed by atoms with Gasteiger partial charge in [0.15, 0.2) is 11.6 Å². The summed E-state index contributed by atoms with van der Waals surface area (Å²) >= 11 is 0. The van der Waals surface area contributed by atoms with E-state index in [9.17, 15) is 8.78 Å². The summed E-state index contributed by atoms with van der Waals surface area (Å²) in [5.41, 5.74) is 3.40. The number of halogens is 2. The van der Waals surface area contributed by atoms with Crippen molar-refractivity contribution in [2.45, 2.75) is 27.3 Å². The smallest absolute Gasteiger partial charge is 0.166 e. The van der Waals surface area contributed by atoms with Gasteiger partial charge in [-0.05, 0) is 37.1 Å². The average molecular weight is 275 g/mol. The Morgan fingerprint density at radius 2 is 1.70 bits per heavy atom. The van der Waals surface area contributed by atoms with Crippen LogP contribution in [0.15, 0.2) is 30.3 Å². The van der Waals surface area contributed by atoms with E-state index in [1.165, 1.54) is 0 Å². The molecule has 0 saturated carbocycles. The second kappa shape index (κ2) is 6.14. The molecule has 0 amide bonds. The van der Waals surface area contributed by atoms with Crippen molar-refractivity contribution in [1.29, 1.82) is 0 Å². The molecule has 2 aromatic carbocycles. The Balaban J connectivity index is 2.56. The van der Waals surface area contributed by atoms with E-state index in [1.807, 2.05) is 32.0 Å². The summed E-state index contributed by atoms with van der Waals surface area (Å²) in [5.74, 6) is -1.54.